The SMILES string of the molecule is CCCCCCCCCCCC[SiH2]CC. The fourth-order valence-corrected chi connectivity index (χ4v) is 3.30. The monoisotopic (exact) mass is 228 g/mol. The molecular weight excluding hydrogens is 196 g/mol. The Bertz CT molecular complexity index is 89.5. The second kappa shape index (κ2) is 14.2. The minimum absolute atomic E-state index is 0.368. The molecule has 1 heteroatoms. The van der Waals surface area contributed by atoms with Crippen LogP contribution in [0.1, 0.15) is 78.1 Å². The molecule has 0 aliphatic rings. The van der Waals surface area contributed by atoms with Crippen LogP contribution in [-0.4, -0.2) is 9.52 Å². The van der Waals surface area contributed by atoms with Crippen LogP contribution in [0.2, 0.25) is 12.1 Å². The van der Waals surface area contributed by atoms with Gasteiger partial charge in [-0.1, -0.05) is 90.1 Å². The van der Waals surface area contributed by atoms with Crippen molar-refractivity contribution in [2.45, 2.75) is 90.1 Å². The van der Waals surface area contributed by atoms with Crippen LogP contribution in [0.5, 0.6) is 0 Å². The Labute approximate surface area is 100 Å². The Morgan fingerprint density at radius 3 is 1.53 bits per heavy atom. The van der Waals surface area contributed by atoms with E-state index in [0.29, 0.717) is 9.52 Å². The normalized spacial score (nSPS) is 11.6. The molecule has 0 bridgehead atoms. The van der Waals surface area contributed by atoms with Crippen molar-refractivity contribution >= 4 is 9.52 Å². The summed E-state index contributed by atoms with van der Waals surface area (Å²) in [7, 11) is 0.368. The van der Waals surface area contributed by atoms with Crippen LogP contribution in [-0.2, 0) is 0 Å². The van der Waals surface area contributed by atoms with Crippen molar-refractivity contribution in [3.63, 3.8) is 0 Å². The van der Waals surface area contributed by atoms with E-state index in [1.807, 2.05) is 0 Å². The van der Waals surface area contributed by atoms with Gasteiger partial charge in [0.15, 0.2) is 0 Å². The molecule has 0 heterocycles. The molecule has 0 fully saturated rings. The third-order valence-electron chi connectivity index (χ3n) is 3.21. The van der Waals surface area contributed by atoms with Gasteiger partial charge in [-0.05, 0) is 0 Å². The standard InChI is InChI=1S/C14H32Si/c1-3-5-6-7-8-9-10-11-12-13-14-15-4-2/h3-15H2,1-2H3. The lowest BCUT2D eigenvalue weighted by molar-refractivity contribution is 0.562. The summed E-state index contributed by atoms with van der Waals surface area (Å²) in [6.45, 7) is 4.64. The molecule has 0 radical (unpaired) electrons. The zero-order valence-corrected chi connectivity index (χ0v) is 12.6. The molecule has 92 valence electrons. The Kier molecular flexibility index (Phi) is 14.4. The number of hydrogen-bond donors (Lipinski definition) is 0. The molecule has 0 nitrogen and oxygen atoms in total. The van der Waals surface area contributed by atoms with Crippen LogP contribution >= 0.6 is 0 Å². The lowest BCUT2D eigenvalue weighted by Crippen LogP contribution is -1.86. The summed E-state index contributed by atoms with van der Waals surface area (Å²) < 4.78 is 0. The first-order chi connectivity index (χ1) is 7.41. The highest BCUT2D eigenvalue weighted by molar-refractivity contribution is 6.35. The summed E-state index contributed by atoms with van der Waals surface area (Å²) >= 11 is 0. The van der Waals surface area contributed by atoms with Gasteiger partial charge < -0.3 is 0 Å². The quantitative estimate of drug-likeness (QED) is 0.328. The van der Waals surface area contributed by atoms with Crippen molar-refractivity contribution < 1.29 is 0 Å². The van der Waals surface area contributed by atoms with Gasteiger partial charge in [-0.3, -0.25) is 0 Å². The second-order valence-electron chi connectivity index (χ2n) is 4.89. The first kappa shape index (κ1) is 15.2. The van der Waals surface area contributed by atoms with Gasteiger partial charge >= 0.3 is 0 Å². The minimum Gasteiger partial charge on any atom is -0.0683 e. The predicted molar refractivity (Wildman–Crippen MR) is 75.7 cm³/mol. The predicted octanol–water partition coefficient (Wildman–Crippen LogP) is 4.93. The summed E-state index contributed by atoms with van der Waals surface area (Å²) in [6, 6.07) is 3.12. The van der Waals surface area contributed by atoms with Crippen molar-refractivity contribution in [1.29, 1.82) is 0 Å². The van der Waals surface area contributed by atoms with E-state index in [1.165, 1.54) is 70.3 Å². The van der Waals surface area contributed by atoms with Crippen LogP contribution in [0.15, 0.2) is 0 Å². The highest BCUT2D eigenvalue weighted by atomic mass is 28.2. The van der Waals surface area contributed by atoms with Crippen molar-refractivity contribution in [2.75, 3.05) is 0 Å². The Morgan fingerprint density at radius 2 is 1.07 bits per heavy atom. The minimum atomic E-state index is 0.368. The van der Waals surface area contributed by atoms with E-state index in [2.05, 4.69) is 13.8 Å². The Balaban J connectivity index is 2.81. The van der Waals surface area contributed by atoms with Crippen molar-refractivity contribution in [1.82, 2.24) is 0 Å². The average molecular weight is 228 g/mol. The van der Waals surface area contributed by atoms with Crippen LogP contribution in [0.4, 0.5) is 0 Å². The summed E-state index contributed by atoms with van der Waals surface area (Å²) in [5, 5.41) is 0. The van der Waals surface area contributed by atoms with E-state index < -0.39 is 0 Å². The largest absolute Gasteiger partial charge is 0.0683 e. The summed E-state index contributed by atoms with van der Waals surface area (Å²) in [6.07, 6.45) is 14.8. The zero-order valence-electron chi connectivity index (χ0n) is 11.2. The molecule has 0 saturated carbocycles. The van der Waals surface area contributed by atoms with Crippen LogP contribution in [0, 0.1) is 0 Å². The molecule has 0 aromatic carbocycles. The lowest BCUT2D eigenvalue weighted by Gasteiger charge is -2.01. The Morgan fingerprint density at radius 1 is 0.600 bits per heavy atom. The topological polar surface area (TPSA) is 0 Å². The first-order valence-corrected chi connectivity index (χ1v) is 9.41. The van der Waals surface area contributed by atoms with Gasteiger partial charge in [0.05, 0.1) is 0 Å². The van der Waals surface area contributed by atoms with E-state index >= 15 is 0 Å². The maximum Gasteiger partial charge on any atom is 0.0195 e. The van der Waals surface area contributed by atoms with E-state index in [4.69, 9.17) is 0 Å². The molecule has 0 aromatic rings. The van der Waals surface area contributed by atoms with E-state index in [0.717, 1.165) is 0 Å². The molecule has 0 spiro atoms. The summed E-state index contributed by atoms with van der Waals surface area (Å²) in [5.74, 6) is 0. The molecule has 0 aliphatic heterocycles. The molecule has 0 aliphatic carbocycles. The maximum absolute atomic E-state index is 2.35. The van der Waals surface area contributed by atoms with Gasteiger partial charge in [0, 0.05) is 9.52 Å². The van der Waals surface area contributed by atoms with Crippen molar-refractivity contribution in [3.05, 3.63) is 0 Å². The highest BCUT2D eigenvalue weighted by Crippen LogP contribution is 2.11. The van der Waals surface area contributed by atoms with Crippen LogP contribution < -0.4 is 0 Å². The van der Waals surface area contributed by atoms with Gasteiger partial charge in [0.2, 0.25) is 0 Å². The molecule has 0 rings (SSSR count). The number of hydrogen-bond acceptors (Lipinski definition) is 0. The maximum atomic E-state index is 2.35. The van der Waals surface area contributed by atoms with Gasteiger partial charge in [0.1, 0.15) is 0 Å². The van der Waals surface area contributed by atoms with Crippen molar-refractivity contribution in [2.24, 2.45) is 0 Å². The summed E-state index contributed by atoms with van der Waals surface area (Å²) in [5.41, 5.74) is 0. The lowest BCUT2D eigenvalue weighted by atomic mass is 10.1. The molecule has 0 N–H and O–H groups in total. The third-order valence-corrected chi connectivity index (χ3v) is 4.91. The molecule has 0 aromatic heterocycles. The molecule has 0 atom stereocenters. The van der Waals surface area contributed by atoms with E-state index in [-0.39, 0.29) is 0 Å². The molecular formula is C14H32Si. The van der Waals surface area contributed by atoms with E-state index in [9.17, 15) is 0 Å². The smallest absolute Gasteiger partial charge is 0.0195 e. The molecule has 0 saturated heterocycles. The van der Waals surface area contributed by atoms with Crippen LogP contribution in [0.3, 0.4) is 0 Å². The van der Waals surface area contributed by atoms with Crippen LogP contribution in [0.25, 0.3) is 0 Å². The average Bonchev–Trinajstić information content (AvgIpc) is 2.26. The number of unbranched alkanes of at least 4 members (excludes halogenated alkanes) is 9. The van der Waals surface area contributed by atoms with E-state index in [1.54, 1.807) is 6.04 Å². The van der Waals surface area contributed by atoms with Crippen molar-refractivity contribution in [3.8, 4) is 0 Å². The summed E-state index contributed by atoms with van der Waals surface area (Å²) in [4.78, 5) is 0. The molecule has 0 amide bonds. The highest BCUT2D eigenvalue weighted by Gasteiger charge is 1.92. The van der Waals surface area contributed by atoms with Gasteiger partial charge in [-0.25, -0.2) is 0 Å². The fraction of sp³-hybridized carbons (Fsp3) is 1.00. The second-order valence-corrected chi connectivity index (χ2v) is 7.30. The fourth-order valence-electron chi connectivity index (χ4n) is 2.09. The van der Waals surface area contributed by atoms with Gasteiger partial charge in [-0.2, -0.15) is 0 Å². The van der Waals surface area contributed by atoms with Gasteiger partial charge in [-0.15, -0.1) is 0 Å². The zero-order chi connectivity index (χ0) is 11.2. The molecule has 0 unspecified atom stereocenters. The van der Waals surface area contributed by atoms with Gasteiger partial charge in [0.25, 0.3) is 0 Å². The molecule has 15 heavy (non-hydrogen) atoms. The third kappa shape index (κ3) is 14.2. The number of rotatable bonds is 12. The first-order valence-electron chi connectivity index (χ1n) is 7.41. The Hall–Kier alpha value is 0.217.